The molecule has 2 aliphatic heterocycles. The van der Waals surface area contributed by atoms with E-state index in [4.69, 9.17) is 10.00 Å². The van der Waals surface area contributed by atoms with Crippen LogP contribution in [0.1, 0.15) is 19.8 Å². The van der Waals surface area contributed by atoms with E-state index in [9.17, 15) is 4.79 Å². The van der Waals surface area contributed by atoms with E-state index < -0.39 is 5.60 Å². The Morgan fingerprint density at radius 2 is 2.28 bits per heavy atom. The summed E-state index contributed by atoms with van der Waals surface area (Å²) in [6, 6.07) is 7.97. The smallest absolute Gasteiger partial charge is 0.270 e. The van der Waals surface area contributed by atoms with E-state index >= 15 is 0 Å². The summed E-state index contributed by atoms with van der Waals surface area (Å²) in [5, 5.41) is 17.6. The van der Waals surface area contributed by atoms with Gasteiger partial charge in [-0.25, -0.2) is 4.98 Å². The van der Waals surface area contributed by atoms with Crippen LogP contribution in [0.5, 0.6) is 5.88 Å². The minimum atomic E-state index is -1.04. The number of rotatable bonds is 3. The molecule has 2 aliphatic rings. The van der Waals surface area contributed by atoms with Crippen LogP contribution >= 0.6 is 0 Å². The molecule has 1 amide bonds. The second-order valence-electron chi connectivity index (χ2n) is 7.50. The molecule has 0 bridgehead atoms. The third-order valence-corrected chi connectivity index (χ3v) is 5.61. The molecule has 1 N–H and O–H groups in total. The van der Waals surface area contributed by atoms with Gasteiger partial charge in [0.15, 0.2) is 6.19 Å². The molecule has 8 nitrogen and oxygen atoms in total. The standard InChI is InChI=1S/C21H20N6O2/c1-2-7-27-18-5-3-4-15(16(18)11-24-27)14-9-17-19(23-10-14)29-21(20(28)25-17)6-8-26(12-21)13-22/h3-5,9-11H,2,6-8,12H2,1H3,(H,25,28). The Hall–Kier alpha value is -3.60. The van der Waals surface area contributed by atoms with Crippen molar-refractivity contribution in [3.05, 3.63) is 36.7 Å². The first kappa shape index (κ1) is 17.5. The largest absolute Gasteiger partial charge is 0.457 e. The Kier molecular flexibility index (Phi) is 3.91. The third kappa shape index (κ3) is 2.70. The fraction of sp³-hybridized carbons (Fsp3) is 0.333. The Morgan fingerprint density at radius 1 is 1.38 bits per heavy atom. The van der Waals surface area contributed by atoms with Crippen LogP contribution in [0, 0.1) is 11.5 Å². The minimum absolute atomic E-state index is 0.226. The zero-order chi connectivity index (χ0) is 20.0. The lowest BCUT2D eigenvalue weighted by Gasteiger charge is -2.33. The number of fused-ring (bicyclic) bond motifs is 2. The van der Waals surface area contributed by atoms with Crippen molar-refractivity contribution in [2.75, 3.05) is 18.4 Å². The number of ether oxygens (including phenoxy) is 1. The Labute approximate surface area is 167 Å². The predicted octanol–water partition coefficient (Wildman–Crippen LogP) is 2.76. The highest BCUT2D eigenvalue weighted by molar-refractivity contribution is 6.02. The summed E-state index contributed by atoms with van der Waals surface area (Å²) >= 11 is 0. The third-order valence-electron chi connectivity index (χ3n) is 5.61. The van der Waals surface area contributed by atoms with Gasteiger partial charge in [0, 0.05) is 36.7 Å². The van der Waals surface area contributed by atoms with Gasteiger partial charge in [-0.2, -0.15) is 10.4 Å². The van der Waals surface area contributed by atoms with Crippen LogP contribution in [0.4, 0.5) is 5.69 Å². The molecule has 5 rings (SSSR count). The van der Waals surface area contributed by atoms with Crippen LogP contribution in [0.2, 0.25) is 0 Å². The number of carbonyl (C=O) groups excluding carboxylic acids is 1. The molecule has 0 radical (unpaired) electrons. The monoisotopic (exact) mass is 388 g/mol. The van der Waals surface area contributed by atoms with Crippen LogP contribution in [-0.4, -0.2) is 44.3 Å². The van der Waals surface area contributed by atoms with E-state index in [2.05, 4.69) is 34.6 Å². The quantitative estimate of drug-likeness (QED) is 0.693. The summed E-state index contributed by atoms with van der Waals surface area (Å²) < 4.78 is 8.01. The fourth-order valence-electron chi connectivity index (χ4n) is 4.12. The zero-order valence-electron chi connectivity index (χ0n) is 16.1. The van der Waals surface area contributed by atoms with Gasteiger partial charge in [0.05, 0.1) is 18.3 Å². The normalized spacial score (nSPS) is 20.4. The van der Waals surface area contributed by atoms with Crippen LogP contribution < -0.4 is 10.1 Å². The van der Waals surface area contributed by atoms with Gasteiger partial charge in [-0.1, -0.05) is 19.1 Å². The zero-order valence-corrected chi connectivity index (χ0v) is 16.1. The number of benzene rings is 1. The maximum Gasteiger partial charge on any atom is 0.270 e. The number of hydrogen-bond acceptors (Lipinski definition) is 6. The van der Waals surface area contributed by atoms with Crippen molar-refractivity contribution >= 4 is 22.5 Å². The number of anilines is 1. The van der Waals surface area contributed by atoms with E-state index in [0.717, 1.165) is 35.0 Å². The molecule has 1 spiro atoms. The molecule has 2 aromatic heterocycles. The van der Waals surface area contributed by atoms with Gasteiger partial charge in [0.1, 0.15) is 5.69 Å². The molecule has 29 heavy (non-hydrogen) atoms. The first-order valence-electron chi connectivity index (χ1n) is 9.73. The summed E-state index contributed by atoms with van der Waals surface area (Å²) in [6.45, 7) is 3.73. The molecule has 1 fully saturated rings. The first-order valence-corrected chi connectivity index (χ1v) is 9.73. The topological polar surface area (TPSA) is 96.1 Å². The van der Waals surface area contributed by atoms with Crippen molar-refractivity contribution in [3.63, 3.8) is 0 Å². The number of hydrogen-bond donors (Lipinski definition) is 1. The number of nitriles is 1. The summed E-state index contributed by atoms with van der Waals surface area (Å²) in [5.74, 6) is 0.165. The molecule has 8 heteroatoms. The van der Waals surface area contributed by atoms with Gasteiger partial charge in [-0.3, -0.25) is 9.48 Å². The first-order chi connectivity index (χ1) is 14.1. The molecule has 146 valence electrons. The van der Waals surface area contributed by atoms with E-state index in [-0.39, 0.29) is 12.5 Å². The maximum absolute atomic E-state index is 12.8. The van der Waals surface area contributed by atoms with Crippen molar-refractivity contribution in [3.8, 4) is 23.2 Å². The Balaban J connectivity index is 1.52. The number of nitrogens with zero attached hydrogens (tertiary/aromatic N) is 5. The van der Waals surface area contributed by atoms with Crippen LogP contribution in [0.25, 0.3) is 22.0 Å². The van der Waals surface area contributed by atoms with Crippen LogP contribution in [-0.2, 0) is 11.3 Å². The minimum Gasteiger partial charge on any atom is -0.457 e. The lowest BCUT2D eigenvalue weighted by Crippen LogP contribution is -2.52. The molecule has 3 aromatic rings. The lowest BCUT2D eigenvalue weighted by molar-refractivity contribution is -0.131. The van der Waals surface area contributed by atoms with Crippen molar-refractivity contribution in [1.82, 2.24) is 19.7 Å². The van der Waals surface area contributed by atoms with Crippen molar-refractivity contribution in [2.24, 2.45) is 0 Å². The number of aromatic nitrogens is 3. The van der Waals surface area contributed by atoms with Crippen LogP contribution in [0.3, 0.4) is 0 Å². The van der Waals surface area contributed by atoms with E-state index in [1.807, 2.05) is 29.1 Å². The molecule has 0 saturated carbocycles. The summed E-state index contributed by atoms with van der Waals surface area (Å²) in [5.41, 5.74) is 2.47. The SMILES string of the molecule is CCCn1ncc2c(-c3cnc4c(c3)NC(=O)C3(CCN(C#N)C3)O4)cccc21. The van der Waals surface area contributed by atoms with Crippen LogP contribution in [0.15, 0.2) is 36.7 Å². The molecular weight excluding hydrogens is 368 g/mol. The van der Waals surface area contributed by atoms with Gasteiger partial charge >= 0.3 is 0 Å². The number of carbonyl (C=O) groups is 1. The Morgan fingerprint density at radius 3 is 3.07 bits per heavy atom. The second-order valence-corrected chi connectivity index (χ2v) is 7.50. The molecule has 1 saturated heterocycles. The second kappa shape index (κ2) is 6.48. The number of nitrogens with one attached hydrogen (secondary N) is 1. The summed E-state index contributed by atoms with van der Waals surface area (Å²) in [7, 11) is 0. The average Bonchev–Trinajstić information content (AvgIpc) is 3.34. The van der Waals surface area contributed by atoms with Gasteiger partial charge < -0.3 is 15.0 Å². The maximum atomic E-state index is 12.8. The highest BCUT2D eigenvalue weighted by Crippen LogP contribution is 2.39. The van der Waals surface area contributed by atoms with E-state index in [0.29, 0.717) is 24.5 Å². The van der Waals surface area contributed by atoms with E-state index in [1.165, 1.54) is 4.90 Å². The number of pyridine rings is 1. The fourth-order valence-corrected chi connectivity index (χ4v) is 4.12. The molecule has 0 aliphatic carbocycles. The van der Waals surface area contributed by atoms with Gasteiger partial charge in [-0.05, 0) is 24.1 Å². The van der Waals surface area contributed by atoms with Gasteiger partial charge in [-0.15, -0.1) is 0 Å². The Bertz CT molecular complexity index is 1160. The summed E-state index contributed by atoms with van der Waals surface area (Å²) in [6.07, 6.45) is 7.19. The van der Waals surface area contributed by atoms with Crippen molar-refractivity contribution in [1.29, 1.82) is 5.26 Å². The highest BCUT2D eigenvalue weighted by atomic mass is 16.5. The molecule has 4 heterocycles. The predicted molar refractivity (Wildman–Crippen MR) is 107 cm³/mol. The highest BCUT2D eigenvalue weighted by Gasteiger charge is 2.50. The molecule has 1 unspecified atom stereocenters. The molecular formula is C21H20N6O2. The summed E-state index contributed by atoms with van der Waals surface area (Å²) in [4.78, 5) is 18.8. The molecule has 1 aromatic carbocycles. The number of amides is 1. The average molecular weight is 388 g/mol. The van der Waals surface area contributed by atoms with Gasteiger partial charge in [0.2, 0.25) is 11.5 Å². The number of likely N-dealkylation sites (tertiary alicyclic amines) is 1. The lowest BCUT2D eigenvalue weighted by atomic mass is 9.99. The van der Waals surface area contributed by atoms with Gasteiger partial charge in [0.25, 0.3) is 5.91 Å². The van der Waals surface area contributed by atoms with Crippen molar-refractivity contribution < 1.29 is 9.53 Å². The number of aryl methyl sites for hydroxylation is 1. The molecule has 1 atom stereocenters. The van der Waals surface area contributed by atoms with E-state index in [1.54, 1.807) is 6.20 Å². The van der Waals surface area contributed by atoms with Crippen molar-refractivity contribution in [2.45, 2.75) is 31.9 Å².